The van der Waals surface area contributed by atoms with Crippen LogP contribution in [0.4, 0.5) is 17.1 Å². The van der Waals surface area contributed by atoms with E-state index in [9.17, 15) is 29.7 Å². The lowest BCUT2D eigenvalue weighted by atomic mass is 9.96. The van der Waals surface area contributed by atoms with Crippen molar-refractivity contribution in [2.24, 2.45) is 0 Å². The molecule has 0 saturated heterocycles. The van der Waals surface area contributed by atoms with Gasteiger partial charge in [-0.2, -0.15) is 0 Å². The number of rotatable bonds is 8. The molecular formula is C30H41N3O7. The molecule has 0 radical (unpaired) electrons. The summed E-state index contributed by atoms with van der Waals surface area (Å²) in [5, 5.41) is 38.9. The average molecular weight is 556 g/mol. The molecule has 0 bridgehead atoms. The highest BCUT2D eigenvalue weighted by Crippen LogP contribution is 2.13. The molecule has 0 amide bonds. The molecule has 0 atom stereocenters. The molecule has 10 nitrogen and oxygen atoms in total. The first-order valence-corrected chi connectivity index (χ1v) is 12.6. The van der Waals surface area contributed by atoms with E-state index in [0.29, 0.717) is 0 Å². The summed E-state index contributed by atoms with van der Waals surface area (Å²) in [7, 11) is 12.7. The SMILES string of the molecule is C[NH+](C)c1ccccc1.C[NH+](C)c1ccccc1.C[NH+](C)c1ccccc1.O=C([O-])CC(O)(CC(=O)[O-])C(=O)[O-]. The van der Waals surface area contributed by atoms with Crippen LogP contribution in [0.5, 0.6) is 0 Å². The molecular weight excluding hydrogens is 514 g/mol. The Morgan fingerprint density at radius 3 is 0.900 bits per heavy atom. The minimum atomic E-state index is -2.97. The highest BCUT2D eigenvalue weighted by molar-refractivity contribution is 5.86. The summed E-state index contributed by atoms with van der Waals surface area (Å²) in [6.45, 7) is 0. The molecule has 0 spiro atoms. The van der Waals surface area contributed by atoms with Crippen molar-refractivity contribution in [3.8, 4) is 0 Å². The zero-order valence-corrected chi connectivity index (χ0v) is 24.0. The number of carbonyl (C=O) groups excluding carboxylic acids is 3. The van der Waals surface area contributed by atoms with Crippen molar-refractivity contribution in [1.29, 1.82) is 0 Å². The Hall–Kier alpha value is -4.09. The first-order valence-electron chi connectivity index (χ1n) is 12.6. The molecule has 0 aliphatic rings. The normalized spacial score (nSPS) is 10.3. The van der Waals surface area contributed by atoms with Crippen molar-refractivity contribution in [1.82, 2.24) is 0 Å². The zero-order valence-electron chi connectivity index (χ0n) is 24.0. The van der Waals surface area contributed by atoms with Crippen LogP contribution in [0, 0.1) is 0 Å². The summed E-state index contributed by atoms with van der Waals surface area (Å²) in [6.07, 6.45) is -2.72. The van der Waals surface area contributed by atoms with Gasteiger partial charge in [-0.25, -0.2) is 0 Å². The van der Waals surface area contributed by atoms with Crippen molar-refractivity contribution in [2.75, 3.05) is 42.3 Å². The number of aliphatic hydroxyl groups is 1. The number of aliphatic carboxylic acids is 3. The van der Waals surface area contributed by atoms with E-state index < -0.39 is 36.4 Å². The number of nitrogens with one attached hydrogen (secondary N) is 3. The number of carboxylic acid groups (broad SMARTS) is 3. The summed E-state index contributed by atoms with van der Waals surface area (Å²) in [5.74, 6) is -5.98. The molecule has 10 heteroatoms. The molecule has 0 saturated carbocycles. The number of hydrogen-bond donors (Lipinski definition) is 4. The average Bonchev–Trinajstić information content (AvgIpc) is 2.90. The number of para-hydroxylation sites is 3. The predicted molar refractivity (Wildman–Crippen MR) is 146 cm³/mol. The summed E-state index contributed by atoms with van der Waals surface area (Å²) >= 11 is 0. The highest BCUT2D eigenvalue weighted by atomic mass is 16.4. The fourth-order valence-corrected chi connectivity index (χ4v) is 3.00. The van der Waals surface area contributed by atoms with Crippen LogP contribution in [0.15, 0.2) is 91.0 Å². The van der Waals surface area contributed by atoms with Crippen LogP contribution in [-0.2, 0) is 14.4 Å². The van der Waals surface area contributed by atoms with Gasteiger partial charge in [-0.3, -0.25) is 0 Å². The lowest BCUT2D eigenvalue weighted by Crippen LogP contribution is -3.00. The second-order valence-electron chi connectivity index (χ2n) is 9.51. The standard InChI is InChI=1S/3C8H11N.C6H8O7/c3*1-9(2)8-6-4-3-5-7-8;7-3(8)1-6(13,5(11)12)2-4(9)10/h3*3-7H,1-2H3;13H,1-2H2,(H,7,8)(H,9,10)(H,11,12). The smallest absolute Gasteiger partial charge is 0.130 e. The molecule has 0 heterocycles. The number of carboxylic acids is 3. The number of quaternary nitrogens is 3. The fraction of sp³-hybridized carbons (Fsp3) is 0.300. The maximum absolute atomic E-state index is 10.1. The van der Waals surface area contributed by atoms with Gasteiger partial charge < -0.3 is 49.5 Å². The quantitative estimate of drug-likeness (QED) is 0.222. The van der Waals surface area contributed by atoms with E-state index in [0.717, 1.165) is 0 Å². The molecule has 3 aromatic rings. The maximum Gasteiger partial charge on any atom is 0.130 e. The van der Waals surface area contributed by atoms with Crippen LogP contribution < -0.4 is 30.0 Å². The van der Waals surface area contributed by atoms with E-state index in [-0.39, 0.29) is 0 Å². The molecule has 0 unspecified atom stereocenters. The van der Waals surface area contributed by atoms with Gasteiger partial charge in [0.2, 0.25) is 0 Å². The minimum absolute atomic E-state index is 1.33. The van der Waals surface area contributed by atoms with Gasteiger partial charge in [-0.1, -0.05) is 54.6 Å². The van der Waals surface area contributed by atoms with Crippen LogP contribution in [0.1, 0.15) is 12.8 Å². The molecule has 0 aromatic heterocycles. The molecule has 3 rings (SSSR count). The highest BCUT2D eigenvalue weighted by Gasteiger charge is 2.29. The van der Waals surface area contributed by atoms with Crippen LogP contribution in [-0.4, -0.2) is 70.9 Å². The van der Waals surface area contributed by atoms with Crippen molar-refractivity contribution >= 4 is 35.0 Å². The van der Waals surface area contributed by atoms with Crippen molar-refractivity contribution in [3.63, 3.8) is 0 Å². The second-order valence-corrected chi connectivity index (χ2v) is 9.51. The Bertz CT molecular complexity index is 1000. The summed E-state index contributed by atoms with van der Waals surface area (Å²) < 4.78 is 0. The van der Waals surface area contributed by atoms with E-state index in [4.69, 9.17) is 5.11 Å². The third-order valence-electron chi connectivity index (χ3n) is 5.31. The van der Waals surface area contributed by atoms with Gasteiger partial charge in [0.15, 0.2) is 0 Å². The summed E-state index contributed by atoms with van der Waals surface area (Å²) in [4.78, 5) is 34.1. The predicted octanol–water partition coefficient (Wildman–Crippen LogP) is -3.86. The van der Waals surface area contributed by atoms with E-state index in [1.165, 1.54) is 31.8 Å². The van der Waals surface area contributed by atoms with E-state index >= 15 is 0 Å². The van der Waals surface area contributed by atoms with E-state index in [1.54, 1.807) is 0 Å². The third kappa shape index (κ3) is 16.0. The Morgan fingerprint density at radius 1 is 0.550 bits per heavy atom. The Kier molecular flexibility index (Phi) is 17.1. The topological polar surface area (TPSA) is 154 Å². The van der Waals surface area contributed by atoms with Crippen molar-refractivity contribution < 1.29 is 49.5 Å². The van der Waals surface area contributed by atoms with Crippen LogP contribution in [0.25, 0.3) is 0 Å². The molecule has 0 aliphatic heterocycles. The lowest BCUT2D eigenvalue weighted by Gasteiger charge is -2.29. The van der Waals surface area contributed by atoms with Gasteiger partial charge in [0.25, 0.3) is 0 Å². The minimum Gasteiger partial charge on any atom is -0.550 e. The Labute approximate surface area is 236 Å². The van der Waals surface area contributed by atoms with Crippen molar-refractivity contribution in [2.45, 2.75) is 18.4 Å². The molecule has 3 aromatic carbocycles. The largest absolute Gasteiger partial charge is 0.550 e. The van der Waals surface area contributed by atoms with E-state index in [2.05, 4.69) is 115 Å². The monoisotopic (exact) mass is 555 g/mol. The third-order valence-corrected chi connectivity index (χ3v) is 5.31. The Morgan fingerprint density at radius 2 is 0.775 bits per heavy atom. The first kappa shape index (κ1) is 35.9. The zero-order chi connectivity index (χ0) is 30.7. The molecule has 4 N–H and O–H groups in total. The molecule has 0 aliphatic carbocycles. The number of hydrogen-bond acceptors (Lipinski definition) is 7. The first-order chi connectivity index (χ1) is 18.7. The van der Waals surface area contributed by atoms with Crippen LogP contribution >= 0.6 is 0 Å². The van der Waals surface area contributed by atoms with Gasteiger partial charge in [0.05, 0.1) is 48.3 Å². The lowest BCUT2D eigenvalue weighted by molar-refractivity contribution is -0.786. The molecule has 0 fully saturated rings. The maximum atomic E-state index is 10.1. The number of carbonyl (C=O) groups is 3. The van der Waals surface area contributed by atoms with Crippen LogP contribution in [0.2, 0.25) is 0 Å². The summed E-state index contributed by atoms with van der Waals surface area (Å²) in [6, 6.07) is 31.2. The van der Waals surface area contributed by atoms with Gasteiger partial charge in [-0.15, -0.1) is 0 Å². The van der Waals surface area contributed by atoms with E-state index in [1.807, 2.05) is 18.2 Å². The van der Waals surface area contributed by atoms with Gasteiger partial charge in [-0.05, 0) is 36.4 Å². The molecule has 218 valence electrons. The second kappa shape index (κ2) is 19.0. The van der Waals surface area contributed by atoms with Gasteiger partial charge >= 0.3 is 0 Å². The fourth-order valence-electron chi connectivity index (χ4n) is 3.00. The summed E-state index contributed by atoms with van der Waals surface area (Å²) in [5.41, 5.74) is 1.02. The van der Waals surface area contributed by atoms with Gasteiger partial charge in [0.1, 0.15) is 22.7 Å². The molecule has 40 heavy (non-hydrogen) atoms. The van der Waals surface area contributed by atoms with Crippen molar-refractivity contribution in [3.05, 3.63) is 91.0 Å². The van der Waals surface area contributed by atoms with Crippen LogP contribution in [0.3, 0.4) is 0 Å². The Balaban J connectivity index is 0.000000513. The van der Waals surface area contributed by atoms with Gasteiger partial charge in [0, 0.05) is 24.8 Å². The number of benzene rings is 3.